The van der Waals surface area contributed by atoms with E-state index in [4.69, 9.17) is 9.47 Å². The van der Waals surface area contributed by atoms with Crippen LogP contribution in [-0.2, 0) is 4.74 Å². The maximum absolute atomic E-state index is 14.9. The molecule has 3 aromatic rings. The van der Waals surface area contributed by atoms with Crippen LogP contribution in [0.4, 0.5) is 17.6 Å². The standard InChI is InChI=1S/C26H24F4O2/c1-3-31-22-13-12-20(25(29)26(22)30)17-8-6-16(7-9-17)19-10-11-21(24(28)23(19)27)18-5-4-15(2)32-14-18/h6-13,15,18H,3-5,14H2,1-2H3. The predicted octanol–water partition coefficient (Wildman–Crippen LogP) is 7.26. The van der Waals surface area contributed by atoms with Gasteiger partial charge in [0.05, 0.1) is 19.3 Å². The van der Waals surface area contributed by atoms with E-state index >= 15 is 0 Å². The first-order chi connectivity index (χ1) is 15.4. The molecule has 0 bridgehead atoms. The molecular weight excluding hydrogens is 420 g/mol. The summed E-state index contributed by atoms with van der Waals surface area (Å²) >= 11 is 0. The lowest BCUT2D eigenvalue weighted by Crippen LogP contribution is -2.23. The van der Waals surface area contributed by atoms with Crippen LogP contribution in [0.2, 0.25) is 0 Å². The Morgan fingerprint density at radius 1 is 0.781 bits per heavy atom. The van der Waals surface area contributed by atoms with Crippen LogP contribution in [0.5, 0.6) is 5.75 Å². The molecule has 6 heteroatoms. The molecule has 2 unspecified atom stereocenters. The summed E-state index contributed by atoms with van der Waals surface area (Å²) in [6.07, 6.45) is 1.68. The Hall–Kier alpha value is -2.86. The van der Waals surface area contributed by atoms with Crippen molar-refractivity contribution in [3.63, 3.8) is 0 Å². The zero-order valence-corrected chi connectivity index (χ0v) is 17.9. The molecule has 1 aliphatic rings. The highest BCUT2D eigenvalue weighted by atomic mass is 19.2. The van der Waals surface area contributed by atoms with Crippen LogP contribution < -0.4 is 4.74 Å². The first-order valence-corrected chi connectivity index (χ1v) is 10.7. The molecule has 0 spiro atoms. The van der Waals surface area contributed by atoms with E-state index in [-0.39, 0.29) is 35.5 Å². The second kappa shape index (κ2) is 9.33. The van der Waals surface area contributed by atoms with Crippen molar-refractivity contribution in [1.82, 2.24) is 0 Å². The van der Waals surface area contributed by atoms with Gasteiger partial charge in [-0.05, 0) is 55.5 Å². The fourth-order valence-corrected chi connectivity index (χ4v) is 4.08. The van der Waals surface area contributed by atoms with Crippen LogP contribution in [0.25, 0.3) is 22.3 Å². The number of hydrogen-bond acceptors (Lipinski definition) is 2. The Morgan fingerprint density at radius 3 is 1.94 bits per heavy atom. The Kier molecular flexibility index (Phi) is 6.51. The van der Waals surface area contributed by atoms with Gasteiger partial charge in [0.15, 0.2) is 23.2 Å². The molecule has 0 radical (unpaired) electrons. The second-order valence-electron chi connectivity index (χ2n) is 8.00. The monoisotopic (exact) mass is 444 g/mol. The third-order valence-electron chi connectivity index (χ3n) is 5.91. The maximum Gasteiger partial charge on any atom is 0.201 e. The number of ether oxygens (including phenoxy) is 2. The third-order valence-corrected chi connectivity index (χ3v) is 5.91. The summed E-state index contributed by atoms with van der Waals surface area (Å²) in [4.78, 5) is 0. The largest absolute Gasteiger partial charge is 0.491 e. The Morgan fingerprint density at radius 2 is 1.38 bits per heavy atom. The molecule has 0 aliphatic carbocycles. The van der Waals surface area contributed by atoms with Crippen LogP contribution in [-0.4, -0.2) is 19.3 Å². The summed E-state index contributed by atoms with van der Waals surface area (Å²) in [6, 6.07) is 12.2. The van der Waals surface area contributed by atoms with Crippen LogP contribution in [0.15, 0.2) is 48.5 Å². The summed E-state index contributed by atoms with van der Waals surface area (Å²) in [6.45, 7) is 4.24. The highest BCUT2D eigenvalue weighted by Gasteiger charge is 2.25. The van der Waals surface area contributed by atoms with E-state index < -0.39 is 23.3 Å². The minimum Gasteiger partial charge on any atom is -0.491 e. The lowest BCUT2D eigenvalue weighted by molar-refractivity contribution is 0.0147. The van der Waals surface area contributed by atoms with Crippen LogP contribution in [0, 0.1) is 23.3 Å². The van der Waals surface area contributed by atoms with Gasteiger partial charge >= 0.3 is 0 Å². The molecule has 32 heavy (non-hydrogen) atoms. The number of halogens is 4. The van der Waals surface area contributed by atoms with E-state index in [1.165, 1.54) is 12.1 Å². The highest BCUT2D eigenvalue weighted by molar-refractivity contribution is 5.71. The van der Waals surface area contributed by atoms with Gasteiger partial charge in [-0.15, -0.1) is 0 Å². The number of rotatable bonds is 5. The lowest BCUT2D eigenvalue weighted by Gasteiger charge is -2.27. The smallest absolute Gasteiger partial charge is 0.201 e. The van der Waals surface area contributed by atoms with Gasteiger partial charge < -0.3 is 9.47 Å². The van der Waals surface area contributed by atoms with Crippen molar-refractivity contribution in [1.29, 1.82) is 0 Å². The molecule has 4 rings (SSSR count). The SMILES string of the molecule is CCOc1ccc(-c2ccc(-c3ccc(C4CCC(C)OC4)c(F)c3F)cc2)c(F)c1F. The molecule has 1 fully saturated rings. The lowest BCUT2D eigenvalue weighted by atomic mass is 9.89. The van der Waals surface area contributed by atoms with Crippen LogP contribution >= 0.6 is 0 Å². The van der Waals surface area contributed by atoms with Crippen molar-refractivity contribution in [2.24, 2.45) is 0 Å². The van der Waals surface area contributed by atoms with Crippen molar-refractivity contribution in [2.45, 2.75) is 38.7 Å². The molecule has 1 saturated heterocycles. The van der Waals surface area contributed by atoms with Gasteiger partial charge in [-0.3, -0.25) is 0 Å². The quantitative estimate of drug-likeness (QED) is 0.386. The zero-order valence-electron chi connectivity index (χ0n) is 17.9. The zero-order chi connectivity index (χ0) is 22.8. The van der Waals surface area contributed by atoms with Crippen molar-refractivity contribution < 1.29 is 27.0 Å². The molecule has 0 aromatic heterocycles. The van der Waals surface area contributed by atoms with Crippen molar-refractivity contribution in [3.8, 4) is 28.0 Å². The summed E-state index contributed by atoms with van der Waals surface area (Å²) in [5, 5.41) is 0. The molecule has 2 atom stereocenters. The Bertz CT molecular complexity index is 1100. The summed E-state index contributed by atoms with van der Waals surface area (Å²) < 4.78 is 69.1. The summed E-state index contributed by atoms with van der Waals surface area (Å²) in [5.74, 6) is -4.19. The van der Waals surface area contributed by atoms with Crippen molar-refractivity contribution >= 4 is 0 Å². The molecule has 168 valence electrons. The fraction of sp³-hybridized carbons (Fsp3) is 0.308. The van der Waals surface area contributed by atoms with Gasteiger partial charge in [0.2, 0.25) is 5.82 Å². The van der Waals surface area contributed by atoms with Gasteiger partial charge in [-0.2, -0.15) is 4.39 Å². The molecule has 2 nitrogen and oxygen atoms in total. The average Bonchev–Trinajstić information content (AvgIpc) is 2.80. The molecule has 3 aromatic carbocycles. The van der Waals surface area contributed by atoms with Crippen LogP contribution in [0.1, 0.15) is 38.2 Å². The Labute approximate surface area is 184 Å². The van der Waals surface area contributed by atoms with E-state index in [9.17, 15) is 17.6 Å². The minimum atomic E-state index is -1.06. The molecular formula is C26H24F4O2. The minimum absolute atomic E-state index is 0.0611. The normalized spacial score (nSPS) is 18.6. The summed E-state index contributed by atoms with van der Waals surface area (Å²) in [5.41, 5.74) is 1.35. The van der Waals surface area contributed by atoms with Gasteiger partial charge in [-0.25, -0.2) is 13.2 Å². The van der Waals surface area contributed by atoms with Crippen molar-refractivity contribution in [2.75, 3.05) is 13.2 Å². The third kappa shape index (κ3) is 4.24. The van der Waals surface area contributed by atoms with Gasteiger partial charge in [-0.1, -0.05) is 36.4 Å². The molecule has 0 N–H and O–H groups in total. The molecule has 1 heterocycles. The van der Waals surface area contributed by atoms with Gasteiger partial charge in [0.25, 0.3) is 0 Å². The summed E-state index contributed by atoms with van der Waals surface area (Å²) in [7, 11) is 0. The highest BCUT2D eigenvalue weighted by Crippen LogP contribution is 2.35. The van der Waals surface area contributed by atoms with Crippen molar-refractivity contribution in [3.05, 3.63) is 77.4 Å². The van der Waals surface area contributed by atoms with E-state index in [1.54, 1.807) is 43.3 Å². The second-order valence-corrected chi connectivity index (χ2v) is 8.00. The van der Waals surface area contributed by atoms with E-state index in [0.717, 1.165) is 12.8 Å². The molecule has 0 amide bonds. The Balaban J connectivity index is 1.61. The molecule has 1 aliphatic heterocycles. The number of hydrogen-bond donors (Lipinski definition) is 0. The average molecular weight is 444 g/mol. The van der Waals surface area contributed by atoms with Gasteiger partial charge in [0.1, 0.15) is 0 Å². The fourth-order valence-electron chi connectivity index (χ4n) is 4.08. The van der Waals surface area contributed by atoms with Gasteiger partial charge in [0, 0.05) is 17.0 Å². The maximum atomic E-state index is 14.9. The van der Waals surface area contributed by atoms with E-state index in [2.05, 4.69) is 0 Å². The topological polar surface area (TPSA) is 18.5 Å². The molecule has 0 saturated carbocycles. The number of benzene rings is 3. The van der Waals surface area contributed by atoms with E-state index in [0.29, 0.717) is 23.3 Å². The first-order valence-electron chi connectivity index (χ1n) is 10.7. The van der Waals surface area contributed by atoms with Crippen LogP contribution in [0.3, 0.4) is 0 Å². The van der Waals surface area contributed by atoms with E-state index in [1.807, 2.05) is 6.92 Å². The predicted molar refractivity (Wildman–Crippen MR) is 116 cm³/mol. The first kappa shape index (κ1) is 22.3.